The van der Waals surface area contributed by atoms with Gasteiger partial charge in [-0.2, -0.15) is 23.3 Å². The lowest BCUT2D eigenvalue weighted by atomic mass is 10.2. The molecule has 1 N–H and O–H groups in total. The monoisotopic (exact) mass is 489 g/mol. The van der Waals surface area contributed by atoms with Crippen LogP contribution >= 0.6 is 11.6 Å². The number of aromatic nitrogens is 6. The first kappa shape index (κ1) is 21.8. The van der Waals surface area contributed by atoms with Crippen LogP contribution < -0.4 is 15.6 Å². The number of hydrogen-bond acceptors (Lipinski definition) is 6. The van der Waals surface area contributed by atoms with Crippen LogP contribution in [0.3, 0.4) is 0 Å². The van der Waals surface area contributed by atoms with Crippen LogP contribution in [0.2, 0.25) is 5.02 Å². The average Bonchev–Trinajstić information content (AvgIpc) is 3.34. The molecule has 0 unspecified atom stereocenters. The van der Waals surface area contributed by atoms with Gasteiger partial charge in [0.2, 0.25) is 5.95 Å². The molecule has 0 aromatic carbocycles. The molecule has 5 aromatic heterocycles. The number of nitrogens with one attached hydrogen (secondary N) is 1. The average molecular weight is 490 g/mol. The van der Waals surface area contributed by atoms with Crippen LogP contribution in [0.15, 0.2) is 53.8 Å². The van der Waals surface area contributed by atoms with Gasteiger partial charge in [-0.1, -0.05) is 17.7 Å². The third kappa shape index (κ3) is 3.61. The topological polar surface area (TPSA) is 91.3 Å². The van der Waals surface area contributed by atoms with E-state index in [1.54, 1.807) is 17.8 Å². The van der Waals surface area contributed by atoms with Gasteiger partial charge in [-0.05, 0) is 18.2 Å². The molecule has 0 spiro atoms. The molecule has 0 aliphatic rings. The first-order valence-electron chi connectivity index (χ1n) is 9.79. The Balaban J connectivity index is 1.54. The van der Waals surface area contributed by atoms with E-state index in [9.17, 15) is 18.0 Å². The molecule has 5 heterocycles. The Kier molecular flexibility index (Phi) is 4.97. The maximum absolute atomic E-state index is 13.2. The number of nitrogens with zero attached hydrogens (tertiary/aromatic N) is 6. The van der Waals surface area contributed by atoms with Gasteiger partial charge < -0.3 is 19.2 Å². The van der Waals surface area contributed by atoms with Crippen molar-refractivity contribution >= 4 is 39.9 Å². The molecule has 0 aliphatic carbocycles. The van der Waals surface area contributed by atoms with Crippen molar-refractivity contribution in [1.82, 2.24) is 28.7 Å². The Morgan fingerprint density at radius 2 is 1.94 bits per heavy atom. The SMILES string of the molecule is Cn1cc(C(F)(F)F)cc(Nc2nc3ncc(Oc4cnn5ccccc45)c(Cl)c3n2C)c1=O. The van der Waals surface area contributed by atoms with E-state index in [-0.39, 0.29) is 28.1 Å². The van der Waals surface area contributed by atoms with Gasteiger partial charge in [-0.15, -0.1) is 0 Å². The van der Waals surface area contributed by atoms with E-state index < -0.39 is 17.3 Å². The number of rotatable bonds is 4. The minimum absolute atomic E-state index is 0.0777. The maximum Gasteiger partial charge on any atom is 0.417 e. The molecule has 0 radical (unpaired) electrons. The summed E-state index contributed by atoms with van der Waals surface area (Å²) >= 11 is 6.58. The molecule has 9 nitrogen and oxygen atoms in total. The van der Waals surface area contributed by atoms with E-state index >= 15 is 0 Å². The molecule has 0 fully saturated rings. The number of anilines is 2. The summed E-state index contributed by atoms with van der Waals surface area (Å²) in [6, 6.07) is 6.22. The van der Waals surface area contributed by atoms with Crippen LogP contribution in [0.1, 0.15) is 5.56 Å². The Labute approximate surface area is 194 Å². The molecule has 174 valence electrons. The van der Waals surface area contributed by atoms with Gasteiger partial charge in [0.15, 0.2) is 17.1 Å². The lowest BCUT2D eigenvalue weighted by molar-refractivity contribution is -0.138. The summed E-state index contributed by atoms with van der Waals surface area (Å²) in [5.41, 5.74) is -0.638. The van der Waals surface area contributed by atoms with Gasteiger partial charge in [0.05, 0.1) is 18.0 Å². The predicted molar refractivity (Wildman–Crippen MR) is 119 cm³/mol. The lowest BCUT2D eigenvalue weighted by Gasteiger charge is -2.12. The van der Waals surface area contributed by atoms with Crippen LogP contribution in [-0.2, 0) is 20.3 Å². The Bertz CT molecular complexity index is 1620. The van der Waals surface area contributed by atoms with Crippen molar-refractivity contribution in [3.05, 3.63) is 70.0 Å². The summed E-state index contributed by atoms with van der Waals surface area (Å²) in [6.07, 6.45) is 0.795. The fourth-order valence-corrected chi connectivity index (χ4v) is 3.78. The fraction of sp³-hybridized carbons (Fsp3) is 0.143. The van der Waals surface area contributed by atoms with E-state index in [0.29, 0.717) is 16.8 Å². The highest BCUT2D eigenvalue weighted by Gasteiger charge is 2.32. The van der Waals surface area contributed by atoms with Gasteiger partial charge in [0.1, 0.15) is 21.7 Å². The molecule has 13 heteroatoms. The number of alkyl halides is 3. The minimum atomic E-state index is -4.62. The molecular formula is C21H15ClF3N7O2. The Morgan fingerprint density at radius 1 is 1.15 bits per heavy atom. The number of fused-ring (bicyclic) bond motifs is 2. The molecule has 0 aliphatic heterocycles. The van der Waals surface area contributed by atoms with E-state index in [0.717, 1.165) is 16.8 Å². The standard InChI is InChI=1S/C21H15ClF3N7O2/c1-30-10-11(21(23,24)25)7-12(19(30)33)28-20-29-18-17(31(20)2)16(22)15(8-26-18)34-14-9-27-32-6-4-3-5-13(14)32/h3-10H,1-2H3,(H,26,28,29). The van der Waals surface area contributed by atoms with Gasteiger partial charge in [-0.3, -0.25) is 4.79 Å². The van der Waals surface area contributed by atoms with Crippen LogP contribution in [-0.4, -0.2) is 28.7 Å². The zero-order chi connectivity index (χ0) is 24.2. The molecular weight excluding hydrogens is 475 g/mol. The Hall–Kier alpha value is -4.06. The molecule has 0 bridgehead atoms. The van der Waals surface area contributed by atoms with Crippen molar-refractivity contribution in [3.63, 3.8) is 0 Å². The van der Waals surface area contributed by atoms with Crippen molar-refractivity contribution in [2.24, 2.45) is 14.1 Å². The van der Waals surface area contributed by atoms with Crippen LogP contribution in [0.25, 0.3) is 16.7 Å². The summed E-state index contributed by atoms with van der Waals surface area (Å²) < 4.78 is 49.5. The van der Waals surface area contributed by atoms with E-state index in [1.807, 2.05) is 18.2 Å². The van der Waals surface area contributed by atoms with Gasteiger partial charge in [0, 0.05) is 26.5 Å². The highest BCUT2D eigenvalue weighted by atomic mass is 35.5. The third-order valence-corrected chi connectivity index (χ3v) is 5.54. The quantitative estimate of drug-likeness (QED) is 0.399. The second-order valence-corrected chi connectivity index (χ2v) is 7.80. The van der Waals surface area contributed by atoms with Crippen molar-refractivity contribution < 1.29 is 17.9 Å². The smallest absolute Gasteiger partial charge is 0.417 e. The summed E-state index contributed by atoms with van der Waals surface area (Å²) in [5, 5.41) is 7.05. The van der Waals surface area contributed by atoms with E-state index in [4.69, 9.17) is 16.3 Å². The number of aryl methyl sites for hydroxylation is 2. The molecule has 0 saturated heterocycles. The third-order valence-electron chi connectivity index (χ3n) is 5.17. The lowest BCUT2D eigenvalue weighted by Crippen LogP contribution is -2.23. The van der Waals surface area contributed by atoms with E-state index in [1.165, 1.54) is 24.0 Å². The van der Waals surface area contributed by atoms with Gasteiger partial charge >= 0.3 is 6.18 Å². The number of pyridine rings is 3. The molecule has 0 atom stereocenters. The Morgan fingerprint density at radius 3 is 2.71 bits per heavy atom. The van der Waals surface area contributed by atoms with Crippen molar-refractivity contribution in [2.45, 2.75) is 6.18 Å². The molecule has 5 aromatic rings. The number of ether oxygens (including phenoxy) is 1. The van der Waals surface area contributed by atoms with Crippen molar-refractivity contribution in [1.29, 1.82) is 0 Å². The molecule has 0 saturated carbocycles. The van der Waals surface area contributed by atoms with Gasteiger partial charge in [0.25, 0.3) is 5.56 Å². The van der Waals surface area contributed by atoms with Crippen LogP contribution in [0.5, 0.6) is 11.5 Å². The van der Waals surface area contributed by atoms with Crippen LogP contribution in [0.4, 0.5) is 24.8 Å². The first-order valence-corrected chi connectivity index (χ1v) is 10.2. The second-order valence-electron chi connectivity index (χ2n) is 7.43. The van der Waals surface area contributed by atoms with Crippen molar-refractivity contribution in [2.75, 3.05) is 5.32 Å². The summed E-state index contributed by atoms with van der Waals surface area (Å²) in [6.45, 7) is 0. The fourth-order valence-electron chi connectivity index (χ4n) is 3.48. The molecule has 34 heavy (non-hydrogen) atoms. The number of imidazole rings is 1. The minimum Gasteiger partial charge on any atom is -0.450 e. The largest absolute Gasteiger partial charge is 0.450 e. The van der Waals surface area contributed by atoms with Gasteiger partial charge in [-0.25, -0.2) is 9.50 Å². The molecule has 5 rings (SSSR count). The molecule has 0 amide bonds. The maximum atomic E-state index is 13.2. The second kappa shape index (κ2) is 7.76. The summed E-state index contributed by atoms with van der Waals surface area (Å²) in [5.74, 6) is 0.767. The highest BCUT2D eigenvalue weighted by molar-refractivity contribution is 6.36. The van der Waals surface area contributed by atoms with E-state index in [2.05, 4.69) is 20.4 Å². The van der Waals surface area contributed by atoms with Crippen molar-refractivity contribution in [3.8, 4) is 11.5 Å². The zero-order valence-corrected chi connectivity index (χ0v) is 18.4. The van der Waals surface area contributed by atoms with Crippen LogP contribution in [0, 0.1) is 0 Å². The predicted octanol–water partition coefficient (Wildman–Crippen LogP) is 4.52. The number of halogens is 4. The summed E-state index contributed by atoms with van der Waals surface area (Å²) in [4.78, 5) is 20.9. The zero-order valence-electron chi connectivity index (χ0n) is 17.6. The number of hydrogen-bond donors (Lipinski definition) is 1. The highest BCUT2D eigenvalue weighted by Crippen LogP contribution is 2.37. The summed E-state index contributed by atoms with van der Waals surface area (Å²) in [7, 11) is 2.82. The normalized spacial score (nSPS) is 11.9. The first-order chi connectivity index (χ1) is 16.1.